The van der Waals surface area contributed by atoms with E-state index in [0.717, 1.165) is 46.0 Å². The molecule has 34 heavy (non-hydrogen) atoms. The molecule has 1 saturated heterocycles. The monoisotopic (exact) mass is 466 g/mol. The van der Waals surface area contributed by atoms with E-state index in [1.807, 2.05) is 35.7 Å². The average molecular weight is 467 g/mol. The highest BCUT2D eigenvalue weighted by molar-refractivity contribution is 7.13. The molecule has 7 heterocycles. The number of nitrogens with one attached hydrogen (secondary N) is 2. The predicted molar refractivity (Wildman–Crippen MR) is 131 cm³/mol. The molecule has 1 aliphatic heterocycles. The number of thiophene rings is 1. The zero-order valence-electron chi connectivity index (χ0n) is 17.8. The minimum absolute atomic E-state index is 0.188. The Balaban J connectivity index is 1.31. The molecule has 7 rings (SSSR count). The van der Waals surface area contributed by atoms with Crippen LogP contribution in [0, 0.1) is 0 Å². The van der Waals surface area contributed by atoms with Crippen LogP contribution < -0.4 is 10.6 Å². The van der Waals surface area contributed by atoms with Gasteiger partial charge < -0.3 is 15.6 Å². The number of imidazole rings is 1. The highest BCUT2D eigenvalue weighted by Gasteiger charge is 2.25. The normalized spacial score (nSPS) is 14.2. The first-order valence-corrected chi connectivity index (χ1v) is 11.7. The van der Waals surface area contributed by atoms with Crippen molar-refractivity contribution in [3.05, 3.63) is 54.3 Å². The molecular weight excluding hydrogens is 448 g/mol. The van der Waals surface area contributed by atoms with Crippen molar-refractivity contribution in [2.24, 2.45) is 5.73 Å². The molecule has 1 fully saturated rings. The summed E-state index contributed by atoms with van der Waals surface area (Å²) in [5.41, 5.74) is 12.0. The van der Waals surface area contributed by atoms with Crippen LogP contribution in [0.5, 0.6) is 0 Å². The molecule has 6 aromatic rings. The van der Waals surface area contributed by atoms with Gasteiger partial charge in [0.25, 0.3) is 0 Å². The summed E-state index contributed by atoms with van der Waals surface area (Å²) in [5.74, 6) is 1.44. The highest BCUT2D eigenvalue weighted by atomic mass is 32.1. The van der Waals surface area contributed by atoms with Crippen LogP contribution in [0.2, 0.25) is 0 Å². The average Bonchev–Trinajstić information content (AvgIpc) is 3.60. The number of H-pyrrole nitrogens is 2. The summed E-state index contributed by atoms with van der Waals surface area (Å²) in [4.78, 5) is 29.9. The van der Waals surface area contributed by atoms with Crippen molar-refractivity contribution in [1.29, 1.82) is 0 Å². The fourth-order valence-electron chi connectivity index (χ4n) is 4.18. The van der Waals surface area contributed by atoms with Gasteiger partial charge in [-0.3, -0.25) is 15.1 Å². The van der Waals surface area contributed by atoms with Crippen LogP contribution in [0.4, 0.5) is 5.82 Å². The molecule has 0 saturated carbocycles. The smallest absolute Gasteiger partial charge is 0.161 e. The Morgan fingerprint density at radius 1 is 0.941 bits per heavy atom. The zero-order chi connectivity index (χ0) is 22.6. The van der Waals surface area contributed by atoms with E-state index in [-0.39, 0.29) is 6.04 Å². The Kier molecular flexibility index (Phi) is 4.19. The number of hydrogen-bond donors (Lipinski definition) is 3. The van der Waals surface area contributed by atoms with Gasteiger partial charge in [0.15, 0.2) is 11.5 Å². The van der Waals surface area contributed by atoms with E-state index in [1.165, 1.54) is 0 Å². The van der Waals surface area contributed by atoms with Gasteiger partial charge in [-0.1, -0.05) is 6.07 Å². The van der Waals surface area contributed by atoms with E-state index in [0.29, 0.717) is 28.4 Å². The summed E-state index contributed by atoms with van der Waals surface area (Å²) in [6.45, 7) is 1.57. The molecule has 0 aliphatic carbocycles. The number of rotatable bonds is 4. The van der Waals surface area contributed by atoms with Crippen LogP contribution in [0.3, 0.4) is 0 Å². The van der Waals surface area contributed by atoms with Crippen molar-refractivity contribution in [3.8, 4) is 33.5 Å². The van der Waals surface area contributed by atoms with Crippen molar-refractivity contribution in [1.82, 2.24) is 40.1 Å². The minimum atomic E-state index is 0.188. The predicted octanol–water partition coefficient (Wildman–Crippen LogP) is 3.23. The van der Waals surface area contributed by atoms with E-state index in [9.17, 15) is 0 Å². The molecule has 0 spiro atoms. The van der Waals surface area contributed by atoms with E-state index in [4.69, 9.17) is 20.7 Å². The number of nitrogens with two attached hydrogens (primary N) is 1. The lowest BCUT2D eigenvalue weighted by Gasteiger charge is -2.37. The lowest BCUT2D eigenvalue weighted by molar-refractivity contribution is 0.514. The fraction of sp³-hybridized carbons (Fsp3) is 0.130. The number of aromatic amines is 2. The standard InChI is InChI=1S/C23H18N10S/c24-12-10-33(11-12)18-9-25-8-16(27-18)13-3-4-15-20(28-13)22(32-31-15)23-29-14-5-6-26-21(19(14)30-23)17-2-1-7-34-17/h1-9,12H,10-11,24H2,(H,29,30)(H,31,32). The third kappa shape index (κ3) is 3.05. The van der Waals surface area contributed by atoms with E-state index >= 15 is 0 Å². The quantitative estimate of drug-likeness (QED) is 0.360. The van der Waals surface area contributed by atoms with E-state index in [1.54, 1.807) is 29.9 Å². The lowest BCUT2D eigenvalue weighted by atomic mass is 10.1. The molecule has 0 bridgehead atoms. The fourth-order valence-corrected chi connectivity index (χ4v) is 4.90. The van der Waals surface area contributed by atoms with Gasteiger partial charge >= 0.3 is 0 Å². The van der Waals surface area contributed by atoms with Crippen molar-refractivity contribution in [2.45, 2.75) is 6.04 Å². The molecular formula is C23H18N10S. The topological polar surface area (TPSA) is 138 Å². The summed E-state index contributed by atoms with van der Waals surface area (Å²) in [7, 11) is 0. The second-order valence-electron chi connectivity index (χ2n) is 8.21. The van der Waals surface area contributed by atoms with Crippen molar-refractivity contribution < 1.29 is 0 Å². The molecule has 6 aromatic heterocycles. The summed E-state index contributed by atoms with van der Waals surface area (Å²) < 4.78 is 0. The van der Waals surface area contributed by atoms with E-state index < -0.39 is 0 Å². The third-order valence-electron chi connectivity index (χ3n) is 5.91. The Labute approximate surface area is 196 Å². The number of nitrogens with zero attached hydrogens (tertiary/aromatic N) is 7. The molecule has 11 heteroatoms. The SMILES string of the molecule is NC1CN(c2cncc(-c3ccc4[nH]nc(-c5nc6c(-c7cccs7)nccc6[nH]5)c4n3)n2)C1. The van der Waals surface area contributed by atoms with Crippen molar-refractivity contribution >= 4 is 39.2 Å². The summed E-state index contributed by atoms with van der Waals surface area (Å²) in [6, 6.07) is 10.0. The number of hydrogen-bond acceptors (Lipinski definition) is 9. The van der Waals surface area contributed by atoms with Gasteiger partial charge in [-0.15, -0.1) is 11.3 Å². The number of aromatic nitrogens is 8. The molecule has 1 aliphatic rings. The van der Waals surface area contributed by atoms with Crippen LogP contribution >= 0.6 is 11.3 Å². The molecule has 0 aromatic carbocycles. The second-order valence-corrected chi connectivity index (χ2v) is 9.16. The maximum atomic E-state index is 5.92. The Bertz CT molecular complexity index is 1650. The molecule has 4 N–H and O–H groups in total. The van der Waals surface area contributed by atoms with Gasteiger partial charge in [-0.25, -0.2) is 15.0 Å². The van der Waals surface area contributed by atoms with Crippen LogP contribution in [-0.2, 0) is 0 Å². The second kappa shape index (κ2) is 7.40. The first-order valence-electron chi connectivity index (χ1n) is 10.8. The zero-order valence-corrected chi connectivity index (χ0v) is 18.6. The van der Waals surface area contributed by atoms with Crippen LogP contribution in [-0.4, -0.2) is 59.2 Å². The molecule has 10 nitrogen and oxygen atoms in total. The maximum Gasteiger partial charge on any atom is 0.161 e. The summed E-state index contributed by atoms with van der Waals surface area (Å²) in [6.07, 6.45) is 5.26. The first kappa shape index (κ1) is 19.3. The Hall–Kier alpha value is -4.22. The van der Waals surface area contributed by atoms with Crippen LogP contribution in [0.15, 0.2) is 54.3 Å². The number of fused-ring (bicyclic) bond motifs is 2. The van der Waals surface area contributed by atoms with Crippen molar-refractivity contribution in [3.63, 3.8) is 0 Å². The Morgan fingerprint density at radius 3 is 2.71 bits per heavy atom. The number of anilines is 1. The molecule has 0 amide bonds. The molecule has 0 atom stereocenters. The highest BCUT2D eigenvalue weighted by Crippen LogP contribution is 2.32. The van der Waals surface area contributed by atoms with Crippen LogP contribution in [0.1, 0.15) is 0 Å². The minimum Gasteiger partial charge on any atom is -0.352 e. The van der Waals surface area contributed by atoms with Gasteiger partial charge in [0, 0.05) is 25.3 Å². The molecule has 166 valence electrons. The van der Waals surface area contributed by atoms with Crippen molar-refractivity contribution in [2.75, 3.05) is 18.0 Å². The Morgan fingerprint density at radius 2 is 1.85 bits per heavy atom. The largest absolute Gasteiger partial charge is 0.352 e. The van der Waals surface area contributed by atoms with Gasteiger partial charge in [0.2, 0.25) is 0 Å². The summed E-state index contributed by atoms with van der Waals surface area (Å²) in [5, 5.41) is 9.60. The maximum absolute atomic E-state index is 5.92. The van der Waals surface area contributed by atoms with Gasteiger partial charge in [-0.2, -0.15) is 5.10 Å². The van der Waals surface area contributed by atoms with Gasteiger partial charge in [0.1, 0.15) is 28.2 Å². The lowest BCUT2D eigenvalue weighted by Crippen LogP contribution is -2.56. The molecule has 0 radical (unpaired) electrons. The van der Waals surface area contributed by atoms with Gasteiger partial charge in [0.05, 0.1) is 34.0 Å². The summed E-state index contributed by atoms with van der Waals surface area (Å²) >= 11 is 1.63. The van der Waals surface area contributed by atoms with E-state index in [2.05, 4.69) is 30.0 Å². The third-order valence-corrected chi connectivity index (χ3v) is 6.78. The van der Waals surface area contributed by atoms with Gasteiger partial charge in [-0.05, 0) is 29.6 Å². The number of pyridine rings is 2. The van der Waals surface area contributed by atoms with Crippen LogP contribution in [0.25, 0.3) is 55.5 Å². The first-order chi connectivity index (χ1) is 16.7. The molecule has 0 unspecified atom stereocenters.